The molecule has 1 N–H and O–H groups in total. The Bertz CT molecular complexity index is 284. The number of rotatable bonds is 6. The van der Waals surface area contributed by atoms with Crippen molar-refractivity contribution in [3.8, 4) is 0 Å². The van der Waals surface area contributed by atoms with Gasteiger partial charge in [-0.15, -0.1) is 0 Å². The summed E-state index contributed by atoms with van der Waals surface area (Å²) in [4.78, 5) is 14.1. The Labute approximate surface area is 123 Å². The van der Waals surface area contributed by atoms with Crippen LogP contribution in [0.5, 0.6) is 0 Å². The molecule has 0 spiro atoms. The normalized spacial score (nSPS) is 21.9. The molecule has 4 heteroatoms. The zero-order chi connectivity index (χ0) is 14.2. The highest BCUT2D eigenvalue weighted by Crippen LogP contribution is 2.20. The number of hydrogen-bond acceptors (Lipinski definition) is 3. The highest BCUT2D eigenvalue weighted by atomic mass is 16.5. The molecule has 1 amide bonds. The first-order valence-electron chi connectivity index (χ1n) is 8.28. The molecule has 0 radical (unpaired) electrons. The molecule has 2 aliphatic heterocycles. The smallest absolute Gasteiger partial charge is 0.222 e. The van der Waals surface area contributed by atoms with Crippen LogP contribution in [0.25, 0.3) is 0 Å². The molecular formula is C16H30N2O2. The number of carbonyl (C=O) groups is 1. The van der Waals surface area contributed by atoms with Crippen molar-refractivity contribution >= 4 is 5.91 Å². The van der Waals surface area contributed by atoms with E-state index in [1.807, 2.05) is 11.9 Å². The fourth-order valence-electron chi connectivity index (χ4n) is 3.22. The van der Waals surface area contributed by atoms with Crippen molar-refractivity contribution in [1.82, 2.24) is 10.2 Å². The van der Waals surface area contributed by atoms with Gasteiger partial charge in [-0.25, -0.2) is 0 Å². The van der Waals surface area contributed by atoms with Gasteiger partial charge in [-0.3, -0.25) is 4.79 Å². The Balaban J connectivity index is 1.58. The van der Waals surface area contributed by atoms with Crippen LogP contribution in [0, 0.1) is 11.8 Å². The van der Waals surface area contributed by atoms with Gasteiger partial charge in [0, 0.05) is 33.2 Å². The molecule has 4 nitrogen and oxygen atoms in total. The molecule has 2 saturated heterocycles. The van der Waals surface area contributed by atoms with Crippen LogP contribution in [0.4, 0.5) is 0 Å². The summed E-state index contributed by atoms with van der Waals surface area (Å²) in [5.41, 5.74) is 0. The topological polar surface area (TPSA) is 41.6 Å². The number of amides is 1. The maximum atomic E-state index is 12.1. The van der Waals surface area contributed by atoms with Gasteiger partial charge >= 0.3 is 0 Å². The minimum absolute atomic E-state index is 0.329. The average molecular weight is 282 g/mol. The van der Waals surface area contributed by atoms with Crippen LogP contribution in [-0.2, 0) is 9.53 Å². The molecule has 2 rings (SSSR count). The summed E-state index contributed by atoms with van der Waals surface area (Å²) in [6.07, 6.45) is 7.74. The maximum absolute atomic E-state index is 12.1. The molecule has 2 aliphatic rings. The monoisotopic (exact) mass is 282 g/mol. The van der Waals surface area contributed by atoms with Crippen molar-refractivity contribution in [2.75, 3.05) is 39.9 Å². The molecule has 0 aromatic carbocycles. The second kappa shape index (κ2) is 8.63. The van der Waals surface area contributed by atoms with Gasteiger partial charge in [0.05, 0.1) is 0 Å². The molecule has 0 aromatic rings. The fourth-order valence-corrected chi connectivity index (χ4v) is 3.22. The summed E-state index contributed by atoms with van der Waals surface area (Å²) in [6, 6.07) is 0. The lowest BCUT2D eigenvalue weighted by atomic mass is 9.93. The lowest BCUT2D eigenvalue weighted by molar-refractivity contribution is -0.130. The summed E-state index contributed by atoms with van der Waals surface area (Å²) < 4.78 is 5.37. The van der Waals surface area contributed by atoms with Crippen LogP contribution >= 0.6 is 0 Å². The van der Waals surface area contributed by atoms with Crippen molar-refractivity contribution in [3.63, 3.8) is 0 Å². The molecule has 116 valence electrons. The van der Waals surface area contributed by atoms with Gasteiger partial charge in [0.2, 0.25) is 5.91 Å². The molecule has 0 atom stereocenters. The number of nitrogens with zero attached hydrogens (tertiary/aromatic N) is 1. The largest absolute Gasteiger partial charge is 0.381 e. The Kier molecular flexibility index (Phi) is 6.80. The van der Waals surface area contributed by atoms with E-state index >= 15 is 0 Å². The van der Waals surface area contributed by atoms with Gasteiger partial charge in [0.1, 0.15) is 0 Å². The van der Waals surface area contributed by atoms with Crippen LogP contribution in [0.3, 0.4) is 0 Å². The number of hydrogen-bond donors (Lipinski definition) is 1. The van der Waals surface area contributed by atoms with E-state index < -0.39 is 0 Å². The van der Waals surface area contributed by atoms with Crippen molar-refractivity contribution in [2.24, 2.45) is 11.8 Å². The average Bonchev–Trinajstić information content (AvgIpc) is 2.52. The van der Waals surface area contributed by atoms with Crippen LogP contribution in [0.1, 0.15) is 44.9 Å². The SMILES string of the molecule is CN(CCC1CCOCC1)C(=O)CCC1CCNCC1. The Morgan fingerprint density at radius 1 is 1.10 bits per heavy atom. The second-order valence-corrected chi connectivity index (χ2v) is 6.39. The molecule has 0 bridgehead atoms. The van der Waals surface area contributed by atoms with Crippen molar-refractivity contribution in [2.45, 2.75) is 44.9 Å². The van der Waals surface area contributed by atoms with Crippen LogP contribution < -0.4 is 5.32 Å². The predicted octanol–water partition coefficient (Wildman–Crippen LogP) is 2.04. The minimum Gasteiger partial charge on any atom is -0.381 e. The Morgan fingerprint density at radius 3 is 2.45 bits per heavy atom. The van der Waals surface area contributed by atoms with Crippen molar-refractivity contribution in [1.29, 1.82) is 0 Å². The number of piperidine rings is 1. The Morgan fingerprint density at radius 2 is 1.75 bits per heavy atom. The van der Waals surface area contributed by atoms with E-state index in [0.717, 1.165) is 76.8 Å². The third-order valence-corrected chi connectivity index (χ3v) is 4.86. The Hall–Kier alpha value is -0.610. The molecule has 0 saturated carbocycles. The number of carbonyl (C=O) groups excluding carboxylic acids is 1. The van der Waals surface area contributed by atoms with E-state index in [2.05, 4.69) is 5.32 Å². The highest BCUT2D eigenvalue weighted by Gasteiger charge is 2.18. The third kappa shape index (κ3) is 5.41. The first kappa shape index (κ1) is 15.8. The summed E-state index contributed by atoms with van der Waals surface area (Å²) in [5.74, 6) is 1.84. The maximum Gasteiger partial charge on any atom is 0.222 e. The number of nitrogens with one attached hydrogen (secondary N) is 1. The quantitative estimate of drug-likeness (QED) is 0.810. The molecule has 2 fully saturated rings. The fraction of sp³-hybridized carbons (Fsp3) is 0.938. The minimum atomic E-state index is 0.329. The van der Waals surface area contributed by atoms with E-state index in [1.54, 1.807) is 0 Å². The highest BCUT2D eigenvalue weighted by molar-refractivity contribution is 5.75. The third-order valence-electron chi connectivity index (χ3n) is 4.86. The van der Waals surface area contributed by atoms with Gasteiger partial charge in [-0.05, 0) is 63.5 Å². The molecule has 0 unspecified atom stereocenters. The standard InChI is InChI=1S/C16H30N2O2/c1-18(11-6-15-7-12-20-13-8-15)16(19)3-2-14-4-9-17-10-5-14/h14-15,17H,2-13H2,1H3. The summed E-state index contributed by atoms with van der Waals surface area (Å²) in [7, 11) is 1.96. The predicted molar refractivity (Wildman–Crippen MR) is 80.6 cm³/mol. The van der Waals surface area contributed by atoms with Gasteiger partial charge in [0.15, 0.2) is 0 Å². The molecule has 2 heterocycles. The summed E-state index contributed by atoms with van der Waals surface area (Å²) in [6.45, 7) is 4.96. The summed E-state index contributed by atoms with van der Waals surface area (Å²) in [5, 5.41) is 3.38. The van der Waals surface area contributed by atoms with Crippen LogP contribution in [0.2, 0.25) is 0 Å². The zero-order valence-corrected chi connectivity index (χ0v) is 12.9. The van der Waals surface area contributed by atoms with Gasteiger partial charge in [0.25, 0.3) is 0 Å². The van der Waals surface area contributed by atoms with Gasteiger partial charge in [-0.2, -0.15) is 0 Å². The molecular weight excluding hydrogens is 252 g/mol. The van der Waals surface area contributed by atoms with Gasteiger partial charge < -0.3 is 15.0 Å². The van der Waals surface area contributed by atoms with Crippen LogP contribution in [-0.4, -0.2) is 50.7 Å². The van der Waals surface area contributed by atoms with Gasteiger partial charge in [-0.1, -0.05) is 0 Å². The molecule has 20 heavy (non-hydrogen) atoms. The van der Waals surface area contributed by atoms with E-state index in [4.69, 9.17) is 4.74 Å². The molecule has 0 aliphatic carbocycles. The molecule has 0 aromatic heterocycles. The van der Waals surface area contributed by atoms with Crippen molar-refractivity contribution in [3.05, 3.63) is 0 Å². The van der Waals surface area contributed by atoms with Crippen LogP contribution in [0.15, 0.2) is 0 Å². The second-order valence-electron chi connectivity index (χ2n) is 6.39. The van der Waals surface area contributed by atoms with E-state index in [-0.39, 0.29) is 0 Å². The first-order chi connectivity index (χ1) is 9.75. The van der Waals surface area contributed by atoms with Crippen molar-refractivity contribution < 1.29 is 9.53 Å². The van der Waals surface area contributed by atoms with E-state index in [9.17, 15) is 4.79 Å². The lowest BCUT2D eigenvalue weighted by Gasteiger charge is -2.26. The van der Waals surface area contributed by atoms with E-state index in [1.165, 1.54) is 12.8 Å². The summed E-state index contributed by atoms with van der Waals surface area (Å²) >= 11 is 0. The lowest BCUT2D eigenvalue weighted by Crippen LogP contribution is -2.31. The zero-order valence-electron chi connectivity index (χ0n) is 12.9. The first-order valence-corrected chi connectivity index (χ1v) is 8.28. The number of ether oxygens (including phenoxy) is 1. The van der Waals surface area contributed by atoms with E-state index in [0.29, 0.717) is 5.91 Å².